The summed E-state index contributed by atoms with van der Waals surface area (Å²) in [4.78, 5) is 2.33. The Morgan fingerprint density at radius 1 is 1.67 bits per heavy atom. The Kier molecular flexibility index (Phi) is 2.09. The predicted octanol–water partition coefficient (Wildman–Crippen LogP) is 0.725. The summed E-state index contributed by atoms with van der Waals surface area (Å²) in [6.07, 6.45) is 1.70. The Labute approximate surface area is 56.8 Å². The molecule has 1 rings (SSSR count). The van der Waals surface area contributed by atoms with Gasteiger partial charge in [0.25, 0.3) is 0 Å². The Morgan fingerprint density at radius 3 is 2.44 bits per heavy atom. The van der Waals surface area contributed by atoms with Crippen molar-refractivity contribution in [3.8, 4) is 0 Å². The van der Waals surface area contributed by atoms with Crippen LogP contribution in [0, 0.1) is 0 Å². The van der Waals surface area contributed by atoms with Crippen molar-refractivity contribution in [1.82, 2.24) is 4.90 Å². The fourth-order valence-electron chi connectivity index (χ4n) is 1.29. The van der Waals surface area contributed by atoms with Crippen molar-refractivity contribution in [2.24, 2.45) is 0 Å². The highest BCUT2D eigenvalue weighted by Crippen LogP contribution is 2.18. The molecule has 0 radical (unpaired) electrons. The van der Waals surface area contributed by atoms with Gasteiger partial charge in [-0.05, 0) is 26.9 Å². The van der Waals surface area contributed by atoms with Crippen molar-refractivity contribution in [3.05, 3.63) is 0 Å². The van der Waals surface area contributed by atoms with Crippen LogP contribution in [0.1, 0.15) is 13.3 Å². The molecule has 2 nitrogen and oxygen atoms in total. The lowest BCUT2D eigenvalue weighted by Crippen LogP contribution is -2.51. The molecular weight excluding hydrogens is 114 g/mol. The van der Waals surface area contributed by atoms with Crippen molar-refractivity contribution in [2.45, 2.75) is 25.5 Å². The Bertz CT molecular complexity index is 94.9. The van der Waals surface area contributed by atoms with Crippen molar-refractivity contribution >= 4 is 0 Å². The van der Waals surface area contributed by atoms with E-state index < -0.39 is 0 Å². The summed E-state index contributed by atoms with van der Waals surface area (Å²) < 4.78 is 5.18. The van der Waals surface area contributed by atoms with E-state index in [0.717, 1.165) is 0 Å². The highest BCUT2D eigenvalue weighted by molar-refractivity contribution is 4.84. The van der Waals surface area contributed by atoms with Crippen LogP contribution in [0.2, 0.25) is 0 Å². The van der Waals surface area contributed by atoms with Crippen molar-refractivity contribution in [2.75, 3.05) is 20.7 Å². The minimum absolute atomic E-state index is 0.406. The third-order valence-corrected chi connectivity index (χ3v) is 2.26. The maximum atomic E-state index is 5.18. The second kappa shape index (κ2) is 2.67. The van der Waals surface area contributed by atoms with Crippen LogP contribution in [-0.4, -0.2) is 37.7 Å². The molecule has 2 unspecified atom stereocenters. The average molecular weight is 129 g/mol. The first-order valence-corrected chi connectivity index (χ1v) is 3.48. The van der Waals surface area contributed by atoms with E-state index in [1.807, 2.05) is 0 Å². The molecule has 0 aromatic rings. The molecule has 9 heavy (non-hydrogen) atoms. The van der Waals surface area contributed by atoms with E-state index in [-0.39, 0.29) is 0 Å². The zero-order chi connectivity index (χ0) is 6.85. The van der Waals surface area contributed by atoms with Gasteiger partial charge in [0, 0.05) is 13.2 Å². The molecule has 0 bridgehead atoms. The van der Waals surface area contributed by atoms with Crippen LogP contribution in [0.5, 0.6) is 0 Å². The maximum absolute atomic E-state index is 5.18. The molecule has 0 N–H and O–H groups in total. The molecule has 0 aromatic heterocycles. The fraction of sp³-hybridized carbons (Fsp3) is 1.00. The van der Waals surface area contributed by atoms with Gasteiger partial charge in [0.05, 0.1) is 6.10 Å². The van der Waals surface area contributed by atoms with Gasteiger partial charge in [-0.15, -0.1) is 0 Å². The molecule has 1 aliphatic rings. The minimum atomic E-state index is 0.406. The Hall–Kier alpha value is -0.0800. The van der Waals surface area contributed by atoms with E-state index >= 15 is 0 Å². The number of ether oxygens (including phenoxy) is 1. The zero-order valence-electron chi connectivity index (χ0n) is 6.42. The monoisotopic (exact) mass is 129 g/mol. The average Bonchev–Trinajstić information content (AvgIpc) is 1.84. The molecule has 1 heterocycles. The van der Waals surface area contributed by atoms with Crippen LogP contribution in [-0.2, 0) is 4.74 Å². The van der Waals surface area contributed by atoms with Crippen LogP contribution in [0.15, 0.2) is 0 Å². The molecule has 0 spiro atoms. The molecule has 1 saturated heterocycles. The maximum Gasteiger partial charge on any atom is 0.0698 e. The Morgan fingerprint density at radius 2 is 2.33 bits per heavy atom. The largest absolute Gasteiger partial charge is 0.380 e. The summed E-state index contributed by atoms with van der Waals surface area (Å²) in [5, 5.41) is 0. The van der Waals surface area contributed by atoms with Crippen LogP contribution < -0.4 is 0 Å². The van der Waals surface area contributed by atoms with Crippen LogP contribution >= 0.6 is 0 Å². The van der Waals surface area contributed by atoms with Crippen LogP contribution in [0.25, 0.3) is 0 Å². The number of hydrogen-bond donors (Lipinski definition) is 0. The third kappa shape index (κ3) is 1.25. The van der Waals surface area contributed by atoms with Crippen molar-refractivity contribution < 1.29 is 4.74 Å². The first-order chi connectivity index (χ1) is 4.25. The van der Waals surface area contributed by atoms with Gasteiger partial charge in [-0.2, -0.15) is 0 Å². The molecule has 1 fully saturated rings. The van der Waals surface area contributed by atoms with E-state index in [0.29, 0.717) is 12.1 Å². The summed E-state index contributed by atoms with van der Waals surface area (Å²) in [6, 6.07) is 0.676. The second-order valence-electron chi connectivity index (χ2n) is 2.78. The predicted molar refractivity (Wildman–Crippen MR) is 37.5 cm³/mol. The van der Waals surface area contributed by atoms with Crippen LogP contribution in [0.4, 0.5) is 0 Å². The van der Waals surface area contributed by atoms with Crippen molar-refractivity contribution in [1.29, 1.82) is 0 Å². The van der Waals surface area contributed by atoms with Gasteiger partial charge in [0.15, 0.2) is 0 Å². The van der Waals surface area contributed by atoms with E-state index in [4.69, 9.17) is 4.74 Å². The molecule has 0 aromatic carbocycles. The van der Waals surface area contributed by atoms with Gasteiger partial charge >= 0.3 is 0 Å². The molecule has 54 valence electrons. The van der Waals surface area contributed by atoms with Gasteiger partial charge < -0.3 is 9.64 Å². The summed E-state index contributed by atoms with van der Waals surface area (Å²) >= 11 is 0. The molecular formula is C7H15NO. The standard InChI is InChI=1S/C7H15NO/c1-6(9-3)7-4-5-8(7)2/h6-7H,4-5H2,1-3H3. The molecule has 1 aliphatic heterocycles. The Balaban J connectivity index is 2.25. The van der Waals surface area contributed by atoms with E-state index in [2.05, 4.69) is 18.9 Å². The second-order valence-corrected chi connectivity index (χ2v) is 2.78. The molecule has 2 heteroatoms. The lowest BCUT2D eigenvalue weighted by atomic mass is 9.99. The van der Waals surface area contributed by atoms with Crippen molar-refractivity contribution in [3.63, 3.8) is 0 Å². The number of likely N-dealkylation sites (tertiary alicyclic amines) is 1. The number of rotatable bonds is 2. The lowest BCUT2D eigenvalue weighted by Gasteiger charge is -2.41. The topological polar surface area (TPSA) is 12.5 Å². The number of methoxy groups -OCH3 is 1. The normalized spacial score (nSPS) is 31.7. The molecule has 2 atom stereocenters. The smallest absolute Gasteiger partial charge is 0.0698 e. The SMILES string of the molecule is COC(C)C1CCN1C. The lowest BCUT2D eigenvalue weighted by molar-refractivity contribution is -0.0131. The fourth-order valence-corrected chi connectivity index (χ4v) is 1.29. The van der Waals surface area contributed by atoms with E-state index in [1.54, 1.807) is 7.11 Å². The zero-order valence-corrected chi connectivity index (χ0v) is 6.42. The molecule has 0 saturated carbocycles. The molecule has 0 aliphatic carbocycles. The summed E-state index contributed by atoms with van der Waals surface area (Å²) in [7, 11) is 3.92. The highest BCUT2D eigenvalue weighted by atomic mass is 16.5. The quantitative estimate of drug-likeness (QED) is 0.545. The highest BCUT2D eigenvalue weighted by Gasteiger charge is 2.28. The van der Waals surface area contributed by atoms with Gasteiger partial charge in [0.1, 0.15) is 0 Å². The van der Waals surface area contributed by atoms with Gasteiger partial charge in [-0.25, -0.2) is 0 Å². The van der Waals surface area contributed by atoms with Gasteiger partial charge in [0.2, 0.25) is 0 Å². The first kappa shape index (κ1) is 7.03. The summed E-state index contributed by atoms with van der Waals surface area (Å²) in [5.74, 6) is 0. The van der Waals surface area contributed by atoms with Gasteiger partial charge in [-0.1, -0.05) is 0 Å². The van der Waals surface area contributed by atoms with Gasteiger partial charge in [-0.3, -0.25) is 0 Å². The van der Waals surface area contributed by atoms with Crippen LogP contribution in [0.3, 0.4) is 0 Å². The number of likely N-dealkylation sites (N-methyl/N-ethyl adjacent to an activating group) is 1. The third-order valence-electron chi connectivity index (χ3n) is 2.26. The number of hydrogen-bond acceptors (Lipinski definition) is 2. The summed E-state index contributed by atoms with van der Waals surface area (Å²) in [6.45, 7) is 3.36. The molecule has 0 amide bonds. The first-order valence-electron chi connectivity index (χ1n) is 3.48. The van der Waals surface area contributed by atoms with E-state index in [9.17, 15) is 0 Å². The number of nitrogens with zero attached hydrogens (tertiary/aromatic N) is 1. The summed E-state index contributed by atoms with van der Waals surface area (Å²) in [5.41, 5.74) is 0. The van der Waals surface area contributed by atoms with E-state index in [1.165, 1.54) is 13.0 Å². The minimum Gasteiger partial charge on any atom is -0.380 e.